The van der Waals surface area contributed by atoms with Crippen LogP contribution in [0.2, 0.25) is 5.02 Å². The minimum Gasteiger partial charge on any atom is -0.465 e. The first-order chi connectivity index (χ1) is 13.2. The Kier molecular flexibility index (Phi) is 5.16. The molecule has 144 valence electrons. The first kappa shape index (κ1) is 19.5. The number of hydrogen-bond acceptors (Lipinski definition) is 5. The molecule has 0 atom stereocenters. The largest absolute Gasteiger partial charge is 0.465 e. The number of esters is 1. The fourth-order valence-corrected chi connectivity index (χ4v) is 2.68. The number of carbonyl (C=O) groups is 1. The van der Waals surface area contributed by atoms with E-state index in [1.165, 1.54) is 37.6 Å². The fraction of sp³-hybridized carbons (Fsp3) is 0.167. The van der Waals surface area contributed by atoms with Gasteiger partial charge in [0.15, 0.2) is 0 Å². The highest BCUT2D eigenvalue weighted by Gasteiger charge is 2.29. The van der Waals surface area contributed by atoms with Crippen molar-refractivity contribution in [2.45, 2.75) is 12.7 Å². The van der Waals surface area contributed by atoms with Crippen LogP contribution in [0.4, 0.5) is 18.9 Å². The van der Waals surface area contributed by atoms with Gasteiger partial charge in [0.05, 0.1) is 23.9 Å². The number of fused-ring (bicyclic) bond motifs is 1. The van der Waals surface area contributed by atoms with Gasteiger partial charge in [-0.15, -0.1) is 0 Å². The van der Waals surface area contributed by atoms with E-state index in [0.29, 0.717) is 5.39 Å². The first-order valence-corrected chi connectivity index (χ1v) is 8.15. The lowest BCUT2D eigenvalue weighted by molar-refractivity contribution is -0.141. The summed E-state index contributed by atoms with van der Waals surface area (Å²) in [6, 6.07) is 5.81. The number of carbonyl (C=O) groups excluding carboxylic acids is 1. The van der Waals surface area contributed by atoms with Crippen molar-refractivity contribution >= 4 is 34.2 Å². The van der Waals surface area contributed by atoms with Crippen LogP contribution in [-0.2, 0) is 11.3 Å². The number of rotatable bonds is 2. The highest BCUT2D eigenvalue weighted by Crippen LogP contribution is 2.26. The zero-order chi connectivity index (χ0) is 20.5. The molecule has 0 saturated carbocycles. The number of ether oxygens (including phenoxy) is 1. The summed E-state index contributed by atoms with van der Waals surface area (Å²) in [5, 5.41) is 4.60. The average molecular weight is 409 g/mol. The van der Waals surface area contributed by atoms with Crippen molar-refractivity contribution in [1.82, 2.24) is 14.8 Å². The van der Waals surface area contributed by atoms with Crippen LogP contribution in [0.15, 0.2) is 30.5 Å². The Morgan fingerprint density at radius 1 is 1.29 bits per heavy atom. The topological polar surface area (TPSA) is 83.0 Å². The van der Waals surface area contributed by atoms with Gasteiger partial charge in [-0.2, -0.15) is 18.3 Å². The van der Waals surface area contributed by atoms with Crippen molar-refractivity contribution in [3.63, 3.8) is 0 Å². The van der Waals surface area contributed by atoms with E-state index in [0.717, 1.165) is 4.68 Å². The molecule has 3 aromatic rings. The maximum absolute atomic E-state index is 12.8. The van der Waals surface area contributed by atoms with Crippen molar-refractivity contribution in [3.8, 4) is 11.8 Å². The quantitative estimate of drug-likeness (QED) is 0.519. The predicted octanol–water partition coefficient (Wildman–Crippen LogP) is 3.42. The average Bonchev–Trinajstić information content (AvgIpc) is 2.95. The SMILES string of the molecule is COC(=O)c1ccnc(C#Cc2nn(CC(F)(F)F)c3cc(Cl)ccc23)c1N. The normalized spacial score (nSPS) is 11.2. The molecule has 2 aromatic heterocycles. The van der Waals surface area contributed by atoms with Crippen LogP contribution in [0, 0.1) is 11.8 Å². The van der Waals surface area contributed by atoms with E-state index < -0.39 is 18.7 Å². The van der Waals surface area contributed by atoms with Crippen LogP contribution in [-0.4, -0.2) is 34.0 Å². The Labute approximate surface area is 162 Å². The van der Waals surface area contributed by atoms with Gasteiger partial charge in [0.1, 0.15) is 17.9 Å². The summed E-state index contributed by atoms with van der Waals surface area (Å²) in [4.78, 5) is 15.7. The van der Waals surface area contributed by atoms with E-state index in [-0.39, 0.29) is 33.2 Å². The maximum Gasteiger partial charge on any atom is 0.408 e. The smallest absolute Gasteiger partial charge is 0.408 e. The van der Waals surface area contributed by atoms with Gasteiger partial charge in [0.25, 0.3) is 0 Å². The third-order valence-corrected chi connectivity index (χ3v) is 3.97. The lowest BCUT2D eigenvalue weighted by Gasteiger charge is -2.07. The molecular weight excluding hydrogens is 397 g/mol. The molecule has 0 saturated heterocycles. The summed E-state index contributed by atoms with van der Waals surface area (Å²) in [5.74, 6) is 4.66. The summed E-state index contributed by atoms with van der Waals surface area (Å²) in [7, 11) is 1.21. The Morgan fingerprint density at radius 2 is 2.00 bits per heavy atom. The van der Waals surface area contributed by atoms with E-state index >= 15 is 0 Å². The van der Waals surface area contributed by atoms with Crippen LogP contribution in [0.25, 0.3) is 10.9 Å². The van der Waals surface area contributed by atoms with Gasteiger partial charge in [0.2, 0.25) is 0 Å². The molecular formula is C18H12ClF3N4O2. The Balaban J connectivity index is 2.09. The van der Waals surface area contributed by atoms with Crippen molar-refractivity contribution in [3.05, 3.63) is 52.4 Å². The number of nitrogens with two attached hydrogens (primary N) is 1. The van der Waals surface area contributed by atoms with Crippen molar-refractivity contribution in [1.29, 1.82) is 0 Å². The second-order valence-corrected chi connectivity index (χ2v) is 6.08. The van der Waals surface area contributed by atoms with Gasteiger partial charge < -0.3 is 10.5 Å². The van der Waals surface area contributed by atoms with Gasteiger partial charge in [-0.3, -0.25) is 4.68 Å². The molecule has 2 N–H and O–H groups in total. The van der Waals surface area contributed by atoms with E-state index in [2.05, 4.69) is 26.7 Å². The maximum atomic E-state index is 12.8. The molecule has 0 aliphatic heterocycles. The number of aromatic nitrogens is 3. The monoisotopic (exact) mass is 408 g/mol. The summed E-state index contributed by atoms with van der Waals surface area (Å²) in [5.41, 5.74) is 6.34. The van der Waals surface area contributed by atoms with Gasteiger partial charge in [-0.25, -0.2) is 9.78 Å². The van der Waals surface area contributed by atoms with Crippen molar-refractivity contribution in [2.24, 2.45) is 0 Å². The Bertz CT molecular complexity index is 1130. The first-order valence-electron chi connectivity index (χ1n) is 7.77. The molecule has 0 bridgehead atoms. The highest BCUT2D eigenvalue weighted by molar-refractivity contribution is 6.31. The number of nitrogens with zero attached hydrogens (tertiary/aromatic N) is 3. The van der Waals surface area contributed by atoms with Crippen LogP contribution in [0.5, 0.6) is 0 Å². The third-order valence-electron chi connectivity index (χ3n) is 3.74. The molecule has 0 aliphatic carbocycles. The lowest BCUT2D eigenvalue weighted by atomic mass is 10.1. The lowest BCUT2D eigenvalue weighted by Crippen LogP contribution is -2.18. The highest BCUT2D eigenvalue weighted by atomic mass is 35.5. The minimum atomic E-state index is -4.47. The zero-order valence-corrected chi connectivity index (χ0v) is 15.1. The molecule has 0 aliphatic rings. The van der Waals surface area contributed by atoms with E-state index in [1.54, 1.807) is 0 Å². The van der Waals surface area contributed by atoms with Crippen LogP contribution < -0.4 is 5.73 Å². The zero-order valence-electron chi connectivity index (χ0n) is 14.3. The standard InChI is InChI=1S/C18H12ClF3N4O2/c1-28-17(27)12-6-7-24-14(16(12)23)5-4-13-11-3-2-10(19)8-15(11)26(25-13)9-18(20,21)22/h2-3,6-8H,9,23H2,1H3. The summed E-state index contributed by atoms with van der Waals surface area (Å²) in [6.45, 7) is -1.29. The number of alkyl halides is 3. The summed E-state index contributed by atoms with van der Waals surface area (Å²) in [6.07, 6.45) is -3.14. The molecule has 28 heavy (non-hydrogen) atoms. The van der Waals surface area contributed by atoms with E-state index in [9.17, 15) is 18.0 Å². The van der Waals surface area contributed by atoms with Gasteiger partial charge in [-0.1, -0.05) is 11.6 Å². The molecule has 6 nitrogen and oxygen atoms in total. The van der Waals surface area contributed by atoms with Gasteiger partial charge in [-0.05, 0) is 36.1 Å². The molecule has 10 heteroatoms. The van der Waals surface area contributed by atoms with Gasteiger partial charge in [0, 0.05) is 16.6 Å². The molecule has 3 rings (SSSR count). The molecule has 0 spiro atoms. The Morgan fingerprint density at radius 3 is 2.68 bits per heavy atom. The number of hydrogen-bond donors (Lipinski definition) is 1. The van der Waals surface area contributed by atoms with Crippen molar-refractivity contribution < 1.29 is 22.7 Å². The summed E-state index contributed by atoms with van der Waals surface area (Å²) >= 11 is 5.90. The fourth-order valence-electron chi connectivity index (χ4n) is 2.51. The number of methoxy groups -OCH3 is 1. The van der Waals surface area contributed by atoms with Gasteiger partial charge >= 0.3 is 12.1 Å². The number of benzene rings is 1. The molecule has 0 amide bonds. The minimum absolute atomic E-state index is 0.00363. The second kappa shape index (κ2) is 7.40. The predicted molar refractivity (Wildman–Crippen MR) is 96.8 cm³/mol. The molecule has 0 radical (unpaired) electrons. The van der Waals surface area contributed by atoms with E-state index in [1.807, 2.05) is 0 Å². The molecule has 2 heterocycles. The van der Waals surface area contributed by atoms with Crippen molar-refractivity contribution in [2.75, 3.05) is 12.8 Å². The number of halogens is 4. The third kappa shape index (κ3) is 4.02. The number of anilines is 1. The molecule has 0 fully saturated rings. The number of pyridine rings is 1. The van der Waals surface area contributed by atoms with Crippen LogP contribution >= 0.6 is 11.6 Å². The molecule has 0 unspecified atom stereocenters. The van der Waals surface area contributed by atoms with Crippen LogP contribution in [0.1, 0.15) is 21.7 Å². The second-order valence-electron chi connectivity index (χ2n) is 5.65. The Hall–Kier alpha value is -3.25. The summed E-state index contributed by atoms with van der Waals surface area (Å²) < 4.78 is 43.9. The van der Waals surface area contributed by atoms with E-state index in [4.69, 9.17) is 17.3 Å². The molecule has 1 aromatic carbocycles. The number of nitrogen functional groups attached to an aromatic ring is 1. The van der Waals surface area contributed by atoms with Crippen LogP contribution in [0.3, 0.4) is 0 Å².